The van der Waals surface area contributed by atoms with E-state index in [1.165, 1.54) is 6.08 Å². The summed E-state index contributed by atoms with van der Waals surface area (Å²) >= 11 is 12.0. The van der Waals surface area contributed by atoms with E-state index in [1.54, 1.807) is 40.3 Å². The van der Waals surface area contributed by atoms with Crippen molar-refractivity contribution in [1.82, 2.24) is 24.9 Å². The predicted molar refractivity (Wildman–Crippen MR) is 135 cm³/mol. The van der Waals surface area contributed by atoms with Crippen molar-refractivity contribution < 1.29 is 14.4 Å². The van der Waals surface area contributed by atoms with Gasteiger partial charge in [0.2, 0.25) is 17.7 Å². The number of hydrogen-bond acceptors (Lipinski definition) is 4. The van der Waals surface area contributed by atoms with E-state index in [4.69, 9.17) is 23.2 Å². The molecule has 0 aliphatic carbocycles. The molecule has 0 radical (unpaired) electrons. The molecule has 1 aromatic carbocycles. The van der Waals surface area contributed by atoms with Gasteiger partial charge in [-0.15, -0.1) is 0 Å². The van der Waals surface area contributed by atoms with Crippen LogP contribution in [0.5, 0.6) is 0 Å². The highest BCUT2D eigenvalue weighted by molar-refractivity contribution is 6.42. The van der Waals surface area contributed by atoms with Crippen LogP contribution < -0.4 is 0 Å². The molecule has 2 aliphatic rings. The number of carbonyl (C=O) groups is 3. The zero-order chi connectivity index (χ0) is 24.8. The Morgan fingerprint density at radius 2 is 1.83 bits per heavy atom. The molecule has 2 fully saturated rings. The number of aromatic nitrogens is 2. The first kappa shape index (κ1) is 25.3. The maximum absolute atomic E-state index is 12.7. The number of carbonyl (C=O) groups excluding carboxylic acids is 3. The van der Waals surface area contributed by atoms with Gasteiger partial charge in [-0.3, -0.25) is 19.5 Å². The molecule has 4 rings (SSSR count). The van der Waals surface area contributed by atoms with Gasteiger partial charge in [-0.25, -0.2) is 0 Å². The summed E-state index contributed by atoms with van der Waals surface area (Å²) in [7, 11) is 0. The van der Waals surface area contributed by atoms with Gasteiger partial charge < -0.3 is 14.7 Å². The van der Waals surface area contributed by atoms with Gasteiger partial charge in [-0.2, -0.15) is 5.10 Å². The minimum Gasteiger partial charge on any atom is -0.343 e. The fourth-order valence-electron chi connectivity index (χ4n) is 4.54. The van der Waals surface area contributed by atoms with Crippen LogP contribution in [0.3, 0.4) is 0 Å². The molecule has 0 spiro atoms. The van der Waals surface area contributed by atoms with E-state index in [0.29, 0.717) is 61.7 Å². The zero-order valence-corrected chi connectivity index (χ0v) is 21.0. The standard InChI is InChI=1S/C25H29Cl2N5O3/c26-20-3-1-18(17-21(20)27)2-4-23(33)31-13-9-25(35)32(16-15-31)14-8-24(34)30-11-6-19(7-12-30)22-5-10-28-29-22/h1-5,10,17,19H,6-9,11-16H2,(H,28,29)/b4-2+. The second-order valence-electron chi connectivity index (χ2n) is 8.88. The zero-order valence-electron chi connectivity index (χ0n) is 19.5. The smallest absolute Gasteiger partial charge is 0.246 e. The first-order valence-corrected chi connectivity index (χ1v) is 12.6. The van der Waals surface area contributed by atoms with Gasteiger partial charge in [0.1, 0.15) is 0 Å². The number of benzene rings is 1. The van der Waals surface area contributed by atoms with Crippen LogP contribution in [0.2, 0.25) is 10.0 Å². The molecule has 35 heavy (non-hydrogen) atoms. The van der Waals surface area contributed by atoms with Gasteiger partial charge in [-0.05, 0) is 42.7 Å². The van der Waals surface area contributed by atoms with E-state index in [0.717, 1.165) is 24.1 Å². The van der Waals surface area contributed by atoms with Crippen LogP contribution in [-0.4, -0.2) is 81.9 Å². The van der Waals surface area contributed by atoms with Crippen molar-refractivity contribution in [3.63, 3.8) is 0 Å². The molecule has 3 amide bonds. The lowest BCUT2D eigenvalue weighted by Crippen LogP contribution is -2.41. The van der Waals surface area contributed by atoms with Gasteiger partial charge in [0.05, 0.1) is 10.0 Å². The third kappa shape index (κ3) is 6.64. The van der Waals surface area contributed by atoms with E-state index in [9.17, 15) is 14.4 Å². The third-order valence-corrected chi connectivity index (χ3v) is 7.41. The Morgan fingerprint density at radius 3 is 2.54 bits per heavy atom. The lowest BCUT2D eigenvalue weighted by molar-refractivity contribution is -0.134. The second-order valence-corrected chi connectivity index (χ2v) is 9.69. The Morgan fingerprint density at radius 1 is 1.03 bits per heavy atom. The van der Waals surface area contributed by atoms with Gasteiger partial charge >= 0.3 is 0 Å². The average Bonchev–Trinajstić information content (AvgIpc) is 3.34. The lowest BCUT2D eigenvalue weighted by atomic mass is 9.93. The van der Waals surface area contributed by atoms with Crippen molar-refractivity contribution >= 4 is 47.0 Å². The molecule has 3 heterocycles. The summed E-state index contributed by atoms with van der Waals surface area (Å²) in [5, 5.41) is 7.92. The highest BCUT2D eigenvalue weighted by Crippen LogP contribution is 2.26. The third-order valence-electron chi connectivity index (χ3n) is 6.67. The van der Waals surface area contributed by atoms with Crippen molar-refractivity contribution in [3.05, 3.63) is 57.8 Å². The molecule has 2 saturated heterocycles. The van der Waals surface area contributed by atoms with Crippen LogP contribution >= 0.6 is 23.2 Å². The predicted octanol–water partition coefficient (Wildman–Crippen LogP) is 3.59. The molecule has 1 N–H and O–H groups in total. The van der Waals surface area contributed by atoms with E-state index >= 15 is 0 Å². The Balaban J connectivity index is 1.23. The summed E-state index contributed by atoms with van der Waals surface area (Å²) in [6, 6.07) is 7.14. The number of likely N-dealkylation sites (tertiary alicyclic amines) is 1. The summed E-state index contributed by atoms with van der Waals surface area (Å²) in [6.07, 6.45) is 7.28. The fourth-order valence-corrected chi connectivity index (χ4v) is 4.84. The van der Waals surface area contributed by atoms with Crippen molar-refractivity contribution in [2.45, 2.75) is 31.6 Å². The number of nitrogens with one attached hydrogen (secondary N) is 1. The molecule has 0 unspecified atom stereocenters. The minimum absolute atomic E-state index is 0.0282. The maximum atomic E-state index is 12.7. The summed E-state index contributed by atoms with van der Waals surface area (Å²) in [5.74, 6) is 0.284. The number of nitrogens with zero attached hydrogens (tertiary/aromatic N) is 4. The summed E-state index contributed by atoms with van der Waals surface area (Å²) in [4.78, 5) is 43.2. The molecule has 186 valence electrons. The monoisotopic (exact) mass is 517 g/mol. The lowest BCUT2D eigenvalue weighted by Gasteiger charge is -2.32. The number of H-pyrrole nitrogens is 1. The second kappa shape index (κ2) is 11.7. The van der Waals surface area contributed by atoms with Gasteiger partial charge in [-0.1, -0.05) is 29.3 Å². The van der Waals surface area contributed by atoms with Crippen molar-refractivity contribution in [3.8, 4) is 0 Å². The van der Waals surface area contributed by atoms with E-state index < -0.39 is 0 Å². The highest BCUT2D eigenvalue weighted by atomic mass is 35.5. The first-order chi connectivity index (χ1) is 16.9. The average molecular weight is 518 g/mol. The quantitative estimate of drug-likeness (QED) is 0.592. The van der Waals surface area contributed by atoms with E-state index in [2.05, 4.69) is 10.2 Å². The molecule has 0 saturated carbocycles. The van der Waals surface area contributed by atoms with Crippen LogP contribution in [0.4, 0.5) is 0 Å². The number of piperidine rings is 1. The Bertz CT molecular complexity index is 1080. The molecular weight excluding hydrogens is 489 g/mol. The number of aromatic amines is 1. The van der Waals surface area contributed by atoms with Crippen molar-refractivity contribution in [2.24, 2.45) is 0 Å². The van der Waals surface area contributed by atoms with Crippen LogP contribution in [0, 0.1) is 0 Å². The number of halogens is 2. The van der Waals surface area contributed by atoms with Crippen molar-refractivity contribution in [2.75, 3.05) is 39.3 Å². The first-order valence-electron chi connectivity index (χ1n) is 11.9. The maximum Gasteiger partial charge on any atom is 0.246 e. The molecule has 2 aromatic rings. The van der Waals surface area contributed by atoms with E-state index in [1.807, 2.05) is 11.0 Å². The Hall–Kier alpha value is -2.84. The number of hydrogen-bond donors (Lipinski definition) is 1. The molecule has 0 atom stereocenters. The molecular formula is C25H29Cl2N5O3. The summed E-state index contributed by atoms with van der Waals surface area (Å²) in [5.41, 5.74) is 1.89. The SMILES string of the molecule is O=C(/C=C/c1ccc(Cl)c(Cl)c1)N1CCC(=O)N(CCC(=O)N2CCC(c3ccn[nH]3)CC2)CC1. The van der Waals surface area contributed by atoms with E-state index in [-0.39, 0.29) is 24.1 Å². The summed E-state index contributed by atoms with van der Waals surface area (Å²) in [6.45, 7) is 3.00. The van der Waals surface area contributed by atoms with Gasteiger partial charge in [0, 0.05) is 76.0 Å². The Kier molecular flexibility index (Phi) is 8.46. The van der Waals surface area contributed by atoms with Crippen LogP contribution in [0.1, 0.15) is 42.9 Å². The normalized spacial score (nSPS) is 17.8. The number of rotatable bonds is 6. The van der Waals surface area contributed by atoms with Gasteiger partial charge in [0.25, 0.3) is 0 Å². The molecule has 0 bridgehead atoms. The van der Waals surface area contributed by atoms with Crippen molar-refractivity contribution in [1.29, 1.82) is 0 Å². The molecule has 10 heteroatoms. The highest BCUT2D eigenvalue weighted by Gasteiger charge is 2.27. The molecule has 8 nitrogen and oxygen atoms in total. The fraction of sp³-hybridized carbons (Fsp3) is 0.440. The number of amides is 3. The van der Waals surface area contributed by atoms with Crippen LogP contribution in [-0.2, 0) is 14.4 Å². The Labute approximate surface area is 214 Å². The minimum atomic E-state index is -0.165. The molecule has 1 aromatic heterocycles. The summed E-state index contributed by atoms with van der Waals surface area (Å²) < 4.78 is 0. The van der Waals surface area contributed by atoms with Crippen LogP contribution in [0.25, 0.3) is 6.08 Å². The molecule has 2 aliphatic heterocycles. The topological polar surface area (TPSA) is 89.6 Å². The van der Waals surface area contributed by atoms with Gasteiger partial charge in [0.15, 0.2) is 0 Å². The van der Waals surface area contributed by atoms with Crippen LogP contribution in [0.15, 0.2) is 36.5 Å². The largest absolute Gasteiger partial charge is 0.343 e.